The van der Waals surface area contributed by atoms with E-state index in [9.17, 15) is 0 Å². The van der Waals surface area contributed by atoms with Gasteiger partial charge in [0.2, 0.25) is 11.8 Å². The van der Waals surface area contributed by atoms with Crippen molar-refractivity contribution in [3.8, 4) is 11.5 Å². The molecule has 0 spiro atoms. The van der Waals surface area contributed by atoms with Crippen molar-refractivity contribution in [3.63, 3.8) is 0 Å². The fraction of sp³-hybridized carbons (Fsp3) is 0.273. The van der Waals surface area contributed by atoms with Gasteiger partial charge in [0.05, 0.1) is 5.56 Å². The van der Waals surface area contributed by atoms with E-state index in [1.165, 1.54) is 0 Å². The zero-order chi connectivity index (χ0) is 12.3. The molecular formula is C11H9Cl2IN2O. The molecule has 0 bridgehead atoms. The number of rotatable bonds is 4. The molecule has 0 fully saturated rings. The number of hydrogen-bond acceptors (Lipinski definition) is 3. The van der Waals surface area contributed by atoms with Crippen molar-refractivity contribution in [1.82, 2.24) is 10.2 Å². The van der Waals surface area contributed by atoms with Gasteiger partial charge in [0.15, 0.2) is 0 Å². The number of aromatic nitrogens is 2. The van der Waals surface area contributed by atoms with Gasteiger partial charge in [-0.15, -0.1) is 21.8 Å². The Hall–Kier alpha value is -0.330. The van der Waals surface area contributed by atoms with Crippen molar-refractivity contribution >= 4 is 45.8 Å². The molecule has 0 radical (unpaired) electrons. The van der Waals surface area contributed by atoms with Crippen molar-refractivity contribution < 1.29 is 4.42 Å². The van der Waals surface area contributed by atoms with E-state index in [0.29, 0.717) is 29.1 Å². The van der Waals surface area contributed by atoms with E-state index in [0.717, 1.165) is 15.6 Å². The summed E-state index contributed by atoms with van der Waals surface area (Å²) in [6.07, 6.45) is 1.53. The fourth-order valence-corrected chi connectivity index (χ4v) is 2.21. The Labute approximate surface area is 123 Å². The van der Waals surface area contributed by atoms with E-state index >= 15 is 0 Å². The van der Waals surface area contributed by atoms with Crippen LogP contribution in [0, 0.1) is 3.57 Å². The third-order valence-electron chi connectivity index (χ3n) is 2.15. The Morgan fingerprint density at radius 3 is 2.88 bits per heavy atom. The van der Waals surface area contributed by atoms with Crippen LogP contribution in [0.5, 0.6) is 0 Å². The van der Waals surface area contributed by atoms with E-state index in [2.05, 4.69) is 32.8 Å². The third kappa shape index (κ3) is 3.33. The summed E-state index contributed by atoms with van der Waals surface area (Å²) in [6, 6.07) is 5.57. The van der Waals surface area contributed by atoms with E-state index < -0.39 is 0 Å². The summed E-state index contributed by atoms with van der Waals surface area (Å²) in [5, 5.41) is 8.65. The Balaban J connectivity index is 2.27. The van der Waals surface area contributed by atoms with Crippen LogP contribution in [-0.2, 0) is 6.42 Å². The maximum absolute atomic E-state index is 5.95. The Bertz CT molecular complexity index is 516. The smallest absolute Gasteiger partial charge is 0.248 e. The van der Waals surface area contributed by atoms with Crippen LogP contribution in [0.2, 0.25) is 5.02 Å². The highest BCUT2D eigenvalue weighted by Crippen LogP contribution is 2.27. The lowest BCUT2D eigenvalue weighted by atomic mass is 10.2. The third-order valence-corrected chi connectivity index (χ3v) is 3.59. The number of nitrogens with zero attached hydrogens (tertiary/aromatic N) is 2. The van der Waals surface area contributed by atoms with Gasteiger partial charge >= 0.3 is 0 Å². The quantitative estimate of drug-likeness (QED) is 0.588. The van der Waals surface area contributed by atoms with E-state index in [4.69, 9.17) is 27.6 Å². The fourth-order valence-electron chi connectivity index (χ4n) is 1.34. The first-order valence-corrected chi connectivity index (χ1v) is 7.03. The maximum atomic E-state index is 5.95. The van der Waals surface area contributed by atoms with E-state index in [1.807, 2.05) is 18.2 Å². The van der Waals surface area contributed by atoms with Gasteiger partial charge in [-0.25, -0.2) is 0 Å². The largest absolute Gasteiger partial charge is 0.421 e. The SMILES string of the molecule is ClCCCc1nnc(-c2cc(Cl)ccc2I)o1. The zero-order valence-corrected chi connectivity index (χ0v) is 12.5. The van der Waals surface area contributed by atoms with Crippen LogP contribution in [0.25, 0.3) is 11.5 Å². The summed E-state index contributed by atoms with van der Waals surface area (Å²) in [6.45, 7) is 0. The van der Waals surface area contributed by atoms with E-state index in [1.54, 1.807) is 0 Å². The molecule has 0 saturated heterocycles. The van der Waals surface area contributed by atoms with Gasteiger partial charge in [0.1, 0.15) is 0 Å². The van der Waals surface area contributed by atoms with Crippen molar-refractivity contribution in [1.29, 1.82) is 0 Å². The standard InChI is InChI=1S/C11H9Cl2IN2O/c12-5-1-2-10-15-16-11(17-10)8-6-7(13)3-4-9(8)14/h3-4,6H,1-2,5H2. The van der Waals surface area contributed by atoms with Gasteiger partial charge in [-0.2, -0.15) is 0 Å². The molecule has 90 valence electrons. The van der Waals surface area contributed by atoms with Gasteiger partial charge in [-0.1, -0.05) is 11.6 Å². The van der Waals surface area contributed by atoms with Crippen molar-refractivity contribution in [2.45, 2.75) is 12.8 Å². The summed E-state index contributed by atoms with van der Waals surface area (Å²) >= 11 is 13.8. The van der Waals surface area contributed by atoms with Crippen LogP contribution in [0.1, 0.15) is 12.3 Å². The number of aryl methyl sites for hydroxylation is 1. The number of hydrogen-bond donors (Lipinski definition) is 0. The average Bonchev–Trinajstić information content (AvgIpc) is 2.78. The molecule has 0 aliphatic carbocycles. The Morgan fingerprint density at radius 1 is 1.29 bits per heavy atom. The van der Waals surface area contributed by atoms with Gasteiger partial charge in [-0.05, 0) is 47.2 Å². The summed E-state index contributed by atoms with van der Waals surface area (Å²) in [5.41, 5.74) is 0.864. The monoisotopic (exact) mass is 382 g/mol. The van der Waals surface area contributed by atoms with Gasteiger partial charge < -0.3 is 4.42 Å². The number of halogens is 3. The molecule has 1 aromatic carbocycles. The molecule has 17 heavy (non-hydrogen) atoms. The summed E-state index contributed by atoms with van der Waals surface area (Å²) in [5.74, 6) is 1.70. The highest BCUT2D eigenvalue weighted by molar-refractivity contribution is 14.1. The normalized spacial score (nSPS) is 10.8. The van der Waals surface area contributed by atoms with Crippen molar-refractivity contribution in [2.24, 2.45) is 0 Å². The minimum absolute atomic E-state index is 0.501. The lowest BCUT2D eigenvalue weighted by molar-refractivity contribution is 0.502. The Morgan fingerprint density at radius 2 is 2.12 bits per heavy atom. The molecule has 1 heterocycles. The summed E-state index contributed by atoms with van der Waals surface area (Å²) < 4.78 is 6.59. The van der Waals surface area contributed by atoms with Crippen LogP contribution >= 0.6 is 45.8 Å². The topological polar surface area (TPSA) is 38.9 Å². The summed E-state index contributed by atoms with van der Waals surface area (Å²) in [7, 11) is 0. The predicted molar refractivity (Wildman–Crippen MR) is 76.5 cm³/mol. The second kappa shape index (κ2) is 6.02. The zero-order valence-electron chi connectivity index (χ0n) is 8.79. The second-order valence-electron chi connectivity index (χ2n) is 3.42. The summed E-state index contributed by atoms with van der Waals surface area (Å²) in [4.78, 5) is 0. The van der Waals surface area contributed by atoms with Crippen LogP contribution in [0.3, 0.4) is 0 Å². The van der Waals surface area contributed by atoms with E-state index in [-0.39, 0.29) is 0 Å². The first-order valence-electron chi connectivity index (χ1n) is 5.04. The molecule has 6 heteroatoms. The molecule has 2 aromatic rings. The van der Waals surface area contributed by atoms with Crippen LogP contribution in [0.4, 0.5) is 0 Å². The molecule has 1 aromatic heterocycles. The second-order valence-corrected chi connectivity index (χ2v) is 5.39. The lowest BCUT2D eigenvalue weighted by Crippen LogP contribution is -1.85. The lowest BCUT2D eigenvalue weighted by Gasteiger charge is -1.99. The minimum atomic E-state index is 0.501. The van der Waals surface area contributed by atoms with Crippen molar-refractivity contribution in [3.05, 3.63) is 32.7 Å². The predicted octanol–water partition coefficient (Wildman–Crippen LogP) is 4.17. The molecule has 0 aliphatic rings. The molecule has 0 unspecified atom stereocenters. The Kier molecular flexibility index (Phi) is 4.64. The molecular weight excluding hydrogens is 374 g/mol. The van der Waals surface area contributed by atoms with Gasteiger partial charge in [0, 0.05) is 20.9 Å². The average molecular weight is 383 g/mol. The first kappa shape index (κ1) is 13.1. The molecule has 0 atom stereocenters. The van der Waals surface area contributed by atoms with Gasteiger partial charge in [-0.3, -0.25) is 0 Å². The van der Waals surface area contributed by atoms with Gasteiger partial charge in [0.25, 0.3) is 0 Å². The van der Waals surface area contributed by atoms with Crippen molar-refractivity contribution in [2.75, 3.05) is 5.88 Å². The minimum Gasteiger partial charge on any atom is -0.421 e. The van der Waals surface area contributed by atoms with Crippen LogP contribution in [0.15, 0.2) is 22.6 Å². The maximum Gasteiger partial charge on any atom is 0.248 e. The van der Waals surface area contributed by atoms with Crippen LogP contribution in [-0.4, -0.2) is 16.1 Å². The molecule has 0 saturated carbocycles. The molecule has 3 nitrogen and oxygen atoms in total. The number of alkyl halides is 1. The first-order chi connectivity index (χ1) is 8.20. The number of benzene rings is 1. The highest BCUT2D eigenvalue weighted by Gasteiger charge is 2.11. The molecule has 2 rings (SSSR count). The molecule has 0 aliphatic heterocycles. The van der Waals surface area contributed by atoms with Crippen LogP contribution < -0.4 is 0 Å². The highest BCUT2D eigenvalue weighted by atomic mass is 127. The molecule has 0 N–H and O–H groups in total. The molecule has 0 amide bonds.